The average Bonchev–Trinajstić information content (AvgIpc) is 2.41. The standard InChI is InChI=1S/C14H7BrClF3N2/c15-9-1-3-12(8(5-9)7-20)21-13-4-2-10(16)6-11(13)14(17,18)19/h1-6,21H. The smallest absolute Gasteiger partial charge is 0.354 e. The van der Waals surface area contributed by atoms with Crippen molar-refractivity contribution in [1.29, 1.82) is 5.26 Å². The van der Waals surface area contributed by atoms with Gasteiger partial charge in [-0.1, -0.05) is 27.5 Å². The van der Waals surface area contributed by atoms with Crippen molar-refractivity contribution >= 4 is 38.9 Å². The van der Waals surface area contributed by atoms with Crippen molar-refractivity contribution in [3.05, 3.63) is 57.0 Å². The summed E-state index contributed by atoms with van der Waals surface area (Å²) in [5, 5.41) is 11.7. The van der Waals surface area contributed by atoms with E-state index in [-0.39, 0.29) is 22.0 Å². The van der Waals surface area contributed by atoms with Gasteiger partial charge in [0.1, 0.15) is 6.07 Å². The first-order valence-corrected chi connectivity index (χ1v) is 6.82. The molecule has 2 aromatic rings. The Morgan fingerprint density at radius 2 is 1.76 bits per heavy atom. The summed E-state index contributed by atoms with van der Waals surface area (Å²) in [7, 11) is 0. The Morgan fingerprint density at radius 3 is 2.38 bits per heavy atom. The number of nitrogens with zero attached hydrogens (tertiary/aromatic N) is 1. The van der Waals surface area contributed by atoms with Crippen molar-refractivity contribution < 1.29 is 13.2 Å². The number of benzene rings is 2. The Balaban J connectivity index is 2.48. The van der Waals surface area contributed by atoms with Gasteiger partial charge in [-0.25, -0.2) is 0 Å². The van der Waals surface area contributed by atoms with Gasteiger partial charge < -0.3 is 5.32 Å². The normalized spacial score (nSPS) is 11.0. The zero-order valence-corrected chi connectivity index (χ0v) is 12.6. The van der Waals surface area contributed by atoms with Crippen molar-refractivity contribution in [2.24, 2.45) is 0 Å². The molecular weight excluding hydrogens is 369 g/mol. The van der Waals surface area contributed by atoms with Gasteiger partial charge in [0, 0.05) is 9.50 Å². The minimum absolute atomic E-state index is 0.0100. The van der Waals surface area contributed by atoms with Crippen molar-refractivity contribution in [1.82, 2.24) is 0 Å². The molecule has 108 valence electrons. The summed E-state index contributed by atoms with van der Waals surface area (Å²) in [4.78, 5) is 0. The van der Waals surface area contributed by atoms with Crippen LogP contribution in [0.3, 0.4) is 0 Å². The lowest BCUT2D eigenvalue weighted by atomic mass is 10.1. The Kier molecular flexibility index (Phi) is 4.45. The molecule has 0 bridgehead atoms. The number of hydrogen-bond acceptors (Lipinski definition) is 2. The molecule has 0 aliphatic carbocycles. The maximum absolute atomic E-state index is 13.0. The molecule has 0 aromatic heterocycles. The summed E-state index contributed by atoms with van der Waals surface area (Å²) >= 11 is 8.82. The first-order valence-electron chi connectivity index (χ1n) is 5.64. The number of rotatable bonds is 2. The largest absolute Gasteiger partial charge is 0.418 e. The average molecular weight is 376 g/mol. The van der Waals surface area contributed by atoms with Gasteiger partial charge in [-0.3, -0.25) is 0 Å². The molecule has 0 spiro atoms. The van der Waals surface area contributed by atoms with Crippen LogP contribution in [0.15, 0.2) is 40.9 Å². The third kappa shape index (κ3) is 3.69. The zero-order chi connectivity index (χ0) is 15.6. The topological polar surface area (TPSA) is 35.8 Å². The summed E-state index contributed by atoms with van der Waals surface area (Å²) in [6.07, 6.45) is -4.55. The van der Waals surface area contributed by atoms with Crippen LogP contribution in [0.1, 0.15) is 11.1 Å². The molecule has 2 nitrogen and oxygen atoms in total. The summed E-state index contributed by atoms with van der Waals surface area (Å²) < 4.78 is 39.7. The SMILES string of the molecule is N#Cc1cc(Br)ccc1Nc1ccc(Cl)cc1C(F)(F)F. The lowest BCUT2D eigenvalue weighted by Crippen LogP contribution is -2.09. The summed E-state index contributed by atoms with van der Waals surface area (Å²) in [5.41, 5.74) is -0.534. The van der Waals surface area contributed by atoms with Gasteiger partial charge in [-0.2, -0.15) is 18.4 Å². The minimum atomic E-state index is -4.55. The molecule has 21 heavy (non-hydrogen) atoms. The number of nitrogens with one attached hydrogen (secondary N) is 1. The van der Waals surface area contributed by atoms with Crippen LogP contribution in [-0.4, -0.2) is 0 Å². The fraction of sp³-hybridized carbons (Fsp3) is 0.0714. The van der Waals surface area contributed by atoms with E-state index in [0.29, 0.717) is 4.47 Å². The molecule has 0 atom stereocenters. The van der Waals surface area contributed by atoms with Gasteiger partial charge in [0.25, 0.3) is 0 Å². The molecule has 1 N–H and O–H groups in total. The second-order valence-electron chi connectivity index (χ2n) is 4.11. The van der Waals surface area contributed by atoms with E-state index in [0.717, 1.165) is 6.07 Å². The number of halogens is 5. The number of nitriles is 1. The van der Waals surface area contributed by atoms with Crippen LogP contribution in [-0.2, 0) is 6.18 Å². The summed E-state index contributed by atoms with van der Waals surface area (Å²) in [6, 6.07) is 10.0. The van der Waals surface area contributed by atoms with E-state index in [1.165, 1.54) is 24.3 Å². The molecule has 2 rings (SSSR count). The Bertz CT molecular complexity index is 723. The number of anilines is 2. The van der Waals surface area contributed by atoms with Crippen LogP contribution >= 0.6 is 27.5 Å². The van der Waals surface area contributed by atoms with E-state index >= 15 is 0 Å². The predicted molar refractivity (Wildman–Crippen MR) is 78.6 cm³/mol. The molecule has 0 unspecified atom stereocenters. The predicted octanol–water partition coefficient (Wildman–Crippen LogP) is 5.74. The van der Waals surface area contributed by atoms with E-state index in [9.17, 15) is 13.2 Å². The Hall–Kier alpha value is -1.71. The van der Waals surface area contributed by atoms with E-state index in [2.05, 4.69) is 21.2 Å². The molecule has 0 amide bonds. The zero-order valence-electron chi connectivity index (χ0n) is 10.3. The lowest BCUT2D eigenvalue weighted by molar-refractivity contribution is -0.136. The highest BCUT2D eigenvalue weighted by Gasteiger charge is 2.34. The molecule has 0 radical (unpaired) electrons. The van der Waals surface area contributed by atoms with Gasteiger partial charge in [0.05, 0.1) is 22.5 Å². The van der Waals surface area contributed by atoms with Crippen molar-refractivity contribution in [2.75, 3.05) is 5.32 Å². The van der Waals surface area contributed by atoms with Crippen LogP contribution in [0.4, 0.5) is 24.5 Å². The first-order chi connectivity index (χ1) is 9.81. The molecule has 0 heterocycles. The molecule has 7 heteroatoms. The maximum atomic E-state index is 13.0. The monoisotopic (exact) mass is 374 g/mol. The first kappa shape index (κ1) is 15.7. The van der Waals surface area contributed by atoms with Gasteiger partial charge in [-0.15, -0.1) is 0 Å². The molecule has 2 aromatic carbocycles. The summed E-state index contributed by atoms with van der Waals surface area (Å²) in [6.45, 7) is 0. The fourth-order valence-electron chi connectivity index (χ4n) is 1.72. The second kappa shape index (κ2) is 5.96. The minimum Gasteiger partial charge on any atom is -0.354 e. The van der Waals surface area contributed by atoms with E-state index < -0.39 is 11.7 Å². The van der Waals surface area contributed by atoms with Crippen molar-refractivity contribution in [3.63, 3.8) is 0 Å². The van der Waals surface area contributed by atoms with Crippen LogP contribution < -0.4 is 5.32 Å². The molecule has 0 fully saturated rings. The van der Waals surface area contributed by atoms with Crippen molar-refractivity contribution in [2.45, 2.75) is 6.18 Å². The molecular formula is C14H7BrClF3N2. The molecule has 0 saturated heterocycles. The van der Waals surface area contributed by atoms with Crippen LogP contribution in [0, 0.1) is 11.3 Å². The highest BCUT2D eigenvalue weighted by atomic mass is 79.9. The molecule has 0 aliphatic rings. The third-order valence-corrected chi connectivity index (χ3v) is 3.39. The Labute approximate surface area is 132 Å². The van der Waals surface area contributed by atoms with Crippen LogP contribution in [0.2, 0.25) is 5.02 Å². The fourth-order valence-corrected chi connectivity index (χ4v) is 2.26. The van der Waals surface area contributed by atoms with E-state index in [4.69, 9.17) is 16.9 Å². The van der Waals surface area contributed by atoms with Gasteiger partial charge in [-0.05, 0) is 36.4 Å². The third-order valence-electron chi connectivity index (χ3n) is 2.66. The van der Waals surface area contributed by atoms with Gasteiger partial charge in [0.15, 0.2) is 0 Å². The lowest BCUT2D eigenvalue weighted by Gasteiger charge is -2.15. The number of hydrogen-bond donors (Lipinski definition) is 1. The highest BCUT2D eigenvalue weighted by Crippen LogP contribution is 2.38. The van der Waals surface area contributed by atoms with Crippen LogP contribution in [0.25, 0.3) is 0 Å². The Morgan fingerprint density at radius 1 is 1.10 bits per heavy atom. The molecule has 0 saturated carbocycles. The van der Waals surface area contributed by atoms with Gasteiger partial charge in [0.2, 0.25) is 0 Å². The maximum Gasteiger partial charge on any atom is 0.418 e. The van der Waals surface area contributed by atoms with Gasteiger partial charge >= 0.3 is 6.18 Å². The quantitative estimate of drug-likeness (QED) is 0.727. The van der Waals surface area contributed by atoms with E-state index in [1.54, 1.807) is 6.07 Å². The second-order valence-corrected chi connectivity index (χ2v) is 5.47. The highest BCUT2D eigenvalue weighted by molar-refractivity contribution is 9.10. The summed E-state index contributed by atoms with van der Waals surface area (Å²) in [5.74, 6) is 0. The van der Waals surface area contributed by atoms with E-state index in [1.807, 2.05) is 6.07 Å². The molecule has 0 aliphatic heterocycles. The van der Waals surface area contributed by atoms with Crippen LogP contribution in [0.5, 0.6) is 0 Å². The number of alkyl halides is 3. The van der Waals surface area contributed by atoms with Crippen molar-refractivity contribution in [3.8, 4) is 6.07 Å².